The Labute approximate surface area is 210 Å². The number of hydrogen-bond acceptors (Lipinski definition) is 2. The fourth-order valence-electron chi connectivity index (χ4n) is 4.27. The summed E-state index contributed by atoms with van der Waals surface area (Å²) < 4.78 is 14.1. The molecule has 1 saturated carbocycles. The van der Waals surface area contributed by atoms with Gasteiger partial charge < -0.3 is 15.5 Å². The maximum Gasteiger partial charge on any atom is 0.223 e. The van der Waals surface area contributed by atoms with Crippen LogP contribution in [0.1, 0.15) is 29.9 Å². The second-order valence-electron chi connectivity index (χ2n) is 8.33. The molecule has 3 atom stereocenters. The number of amides is 1. The van der Waals surface area contributed by atoms with E-state index in [9.17, 15) is 9.18 Å². The van der Waals surface area contributed by atoms with E-state index in [1.807, 2.05) is 23.1 Å². The van der Waals surface area contributed by atoms with Gasteiger partial charge in [0.1, 0.15) is 5.82 Å². The summed E-state index contributed by atoms with van der Waals surface area (Å²) in [5, 5.41) is 7.15. The monoisotopic (exact) mass is 570 g/mol. The average Bonchev–Trinajstić information content (AvgIpc) is 3.42. The minimum atomic E-state index is -0.259. The highest BCUT2D eigenvalue weighted by Gasteiger charge is 2.42. The van der Waals surface area contributed by atoms with Gasteiger partial charge in [-0.25, -0.2) is 4.39 Å². The lowest BCUT2D eigenvalue weighted by Gasteiger charge is -2.18. The Morgan fingerprint density at radius 2 is 2.00 bits per heavy atom. The van der Waals surface area contributed by atoms with Gasteiger partial charge in [-0.3, -0.25) is 9.79 Å². The molecule has 2 fully saturated rings. The molecule has 3 unspecified atom stereocenters. The smallest absolute Gasteiger partial charge is 0.223 e. The Hall–Kier alpha value is -1.87. The molecule has 4 rings (SSSR count). The zero-order valence-corrected chi connectivity index (χ0v) is 21.1. The van der Waals surface area contributed by atoms with Crippen LogP contribution in [-0.4, -0.2) is 49.5 Å². The molecule has 2 aliphatic rings. The number of carbonyl (C=O) groups is 1. The van der Waals surface area contributed by atoms with E-state index in [-0.39, 0.29) is 53.6 Å². The summed E-state index contributed by atoms with van der Waals surface area (Å²) in [5.74, 6) is 0.925. The molecule has 2 aromatic rings. The fraction of sp³-hybridized carbons (Fsp3) is 0.417. The van der Waals surface area contributed by atoms with Crippen molar-refractivity contribution in [2.45, 2.75) is 31.2 Å². The number of nitrogens with one attached hydrogen (secondary N) is 2. The molecule has 0 aromatic heterocycles. The van der Waals surface area contributed by atoms with Crippen LogP contribution < -0.4 is 10.6 Å². The Kier molecular flexibility index (Phi) is 8.76. The Morgan fingerprint density at radius 3 is 2.72 bits per heavy atom. The molecule has 1 saturated heterocycles. The SMILES string of the molecule is CN=C(NCC1CC(=O)N(CCc2ccccc2)C1)NC1CC1c1c(F)cccc1Cl.I. The van der Waals surface area contributed by atoms with E-state index in [2.05, 4.69) is 27.8 Å². The molecule has 8 heteroatoms. The lowest BCUT2D eigenvalue weighted by molar-refractivity contribution is -0.127. The van der Waals surface area contributed by atoms with E-state index in [0.29, 0.717) is 29.5 Å². The van der Waals surface area contributed by atoms with Gasteiger partial charge in [-0.15, -0.1) is 24.0 Å². The molecule has 172 valence electrons. The molecule has 32 heavy (non-hydrogen) atoms. The largest absolute Gasteiger partial charge is 0.356 e. The standard InChI is InChI=1S/C24H28ClFN4O.HI/c1-27-24(29-21-13-18(21)23-19(25)8-5-9-20(23)26)28-14-17-12-22(31)30(15-17)11-10-16-6-3-2-4-7-16;/h2-9,17-18,21H,10-15H2,1H3,(H2,27,28,29);1H. The van der Waals surface area contributed by atoms with Gasteiger partial charge in [0.05, 0.1) is 0 Å². The number of guanidine groups is 1. The number of carbonyl (C=O) groups excluding carboxylic acids is 1. The number of benzene rings is 2. The van der Waals surface area contributed by atoms with Crippen molar-refractivity contribution < 1.29 is 9.18 Å². The van der Waals surface area contributed by atoms with E-state index in [1.54, 1.807) is 19.2 Å². The molecule has 1 amide bonds. The summed E-state index contributed by atoms with van der Waals surface area (Å²) >= 11 is 6.19. The third kappa shape index (κ3) is 6.13. The van der Waals surface area contributed by atoms with Crippen LogP contribution in [0.2, 0.25) is 5.02 Å². The molecule has 0 spiro atoms. The first kappa shape index (κ1) is 24.8. The third-order valence-electron chi connectivity index (χ3n) is 6.07. The first-order chi connectivity index (χ1) is 15.0. The maximum absolute atomic E-state index is 14.1. The number of nitrogens with zero attached hydrogens (tertiary/aromatic N) is 2. The van der Waals surface area contributed by atoms with E-state index >= 15 is 0 Å². The molecular formula is C24H29ClFIN4O. The lowest BCUT2D eigenvalue weighted by atomic mass is 10.1. The Balaban J connectivity index is 0.00000289. The highest BCUT2D eigenvalue weighted by atomic mass is 127. The second-order valence-corrected chi connectivity index (χ2v) is 8.73. The minimum Gasteiger partial charge on any atom is -0.356 e. The molecular weight excluding hydrogens is 542 g/mol. The Bertz CT molecular complexity index is 938. The predicted molar refractivity (Wildman–Crippen MR) is 137 cm³/mol. The van der Waals surface area contributed by atoms with E-state index in [0.717, 1.165) is 25.9 Å². The van der Waals surface area contributed by atoms with Crippen molar-refractivity contribution in [2.24, 2.45) is 10.9 Å². The first-order valence-electron chi connectivity index (χ1n) is 10.8. The summed E-state index contributed by atoms with van der Waals surface area (Å²) in [7, 11) is 1.72. The number of likely N-dealkylation sites (tertiary alicyclic amines) is 1. The van der Waals surface area contributed by atoms with E-state index in [1.165, 1.54) is 11.6 Å². The maximum atomic E-state index is 14.1. The van der Waals surface area contributed by atoms with Gasteiger partial charge in [0.2, 0.25) is 5.91 Å². The molecule has 0 bridgehead atoms. The van der Waals surface area contributed by atoms with Crippen molar-refractivity contribution in [3.8, 4) is 0 Å². The normalized spacial score (nSPS) is 22.5. The van der Waals surface area contributed by atoms with Crippen LogP contribution >= 0.6 is 35.6 Å². The first-order valence-corrected chi connectivity index (χ1v) is 11.2. The Morgan fingerprint density at radius 1 is 1.22 bits per heavy atom. The van der Waals surface area contributed by atoms with Gasteiger partial charge in [-0.05, 0) is 30.5 Å². The summed E-state index contributed by atoms with van der Waals surface area (Å²) in [5.41, 5.74) is 1.82. The third-order valence-corrected chi connectivity index (χ3v) is 6.40. The van der Waals surface area contributed by atoms with Gasteiger partial charge in [0.25, 0.3) is 0 Å². The molecule has 5 nitrogen and oxygen atoms in total. The molecule has 2 N–H and O–H groups in total. The van der Waals surface area contributed by atoms with Crippen molar-refractivity contribution in [1.82, 2.24) is 15.5 Å². The van der Waals surface area contributed by atoms with Gasteiger partial charge in [0.15, 0.2) is 5.96 Å². The summed E-state index contributed by atoms with van der Waals surface area (Å²) in [6, 6.07) is 15.1. The molecule has 1 aliphatic heterocycles. The highest BCUT2D eigenvalue weighted by Crippen LogP contribution is 2.44. The van der Waals surface area contributed by atoms with E-state index < -0.39 is 0 Å². The quantitative estimate of drug-likeness (QED) is 0.298. The van der Waals surface area contributed by atoms with Crippen LogP contribution in [0.5, 0.6) is 0 Å². The van der Waals surface area contributed by atoms with Gasteiger partial charge in [0, 0.05) is 61.6 Å². The van der Waals surface area contributed by atoms with Gasteiger partial charge in [-0.1, -0.05) is 48.0 Å². The van der Waals surface area contributed by atoms with Crippen LogP contribution in [0, 0.1) is 11.7 Å². The van der Waals surface area contributed by atoms with Gasteiger partial charge >= 0.3 is 0 Å². The van der Waals surface area contributed by atoms with Crippen molar-refractivity contribution in [2.75, 3.05) is 26.7 Å². The van der Waals surface area contributed by atoms with Gasteiger partial charge in [-0.2, -0.15) is 0 Å². The van der Waals surface area contributed by atoms with E-state index in [4.69, 9.17) is 11.6 Å². The van der Waals surface area contributed by atoms with Crippen LogP contribution in [0.4, 0.5) is 4.39 Å². The number of halogens is 3. The molecule has 2 aromatic carbocycles. The van der Waals surface area contributed by atoms with Crippen LogP contribution in [0.25, 0.3) is 0 Å². The van der Waals surface area contributed by atoms with Crippen LogP contribution in [0.15, 0.2) is 53.5 Å². The zero-order valence-electron chi connectivity index (χ0n) is 18.1. The molecule has 1 aliphatic carbocycles. The highest BCUT2D eigenvalue weighted by molar-refractivity contribution is 14.0. The lowest BCUT2D eigenvalue weighted by Crippen LogP contribution is -2.41. The average molecular weight is 571 g/mol. The van der Waals surface area contributed by atoms with Crippen molar-refractivity contribution in [1.29, 1.82) is 0 Å². The van der Waals surface area contributed by atoms with Crippen LogP contribution in [-0.2, 0) is 11.2 Å². The predicted octanol–water partition coefficient (Wildman–Crippen LogP) is 4.21. The van der Waals surface area contributed by atoms with Crippen molar-refractivity contribution in [3.05, 3.63) is 70.5 Å². The fourth-order valence-corrected chi connectivity index (χ4v) is 4.57. The van der Waals surface area contributed by atoms with Crippen LogP contribution in [0.3, 0.4) is 0 Å². The summed E-state index contributed by atoms with van der Waals surface area (Å²) in [4.78, 5) is 18.6. The topological polar surface area (TPSA) is 56.7 Å². The number of rotatable bonds is 7. The zero-order chi connectivity index (χ0) is 21.8. The second kappa shape index (κ2) is 11.3. The number of aliphatic imine (C=N–C) groups is 1. The summed E-state index contributed by atoms with van der Waals surface area (Å²) in [6.45, 7) is 2.18. The van der Waals surface area contributed by atoms with Crippen molar-refractivity contribution >= 4 is 47.4 Å². The van der Waals surface area contributed by atoms with Crippen molar-refractivity contribution in [3.63, 3.8) is 0 Å². The minimum absolute atomic E-state index is 0. The summed E-state index contributed by atoms with van der Waals surface area (Å²) in [6.07, 6.45) is 2.24. The molecule has 0 radical (unpaired) electrons. The molecule has 1 heterocycles. The number of hydrogen-bond donors (Lipinski definition) is 2.